The number of esters is 1. The molecule has 0 aliphatic rings. The summed E-state index contributed by atoms with van der Waals surface area (Å²) in [4.78, 5) is 12.0. The maximum atomic E-state index is 12.0. The summed E-state index contributed by atoms with van der Waals surface area (Å²) in [6, 6.07) is 0. The zero-order valence-electron chi connectivity index (χ0n) is 27.3. The summed E-state index contributed by atoms with van der Waals surface area (Å²) in [5.74, 6) is -0.110. The molecule has 0 aromatic heterocycles. The van der Waals surface area contributed by atoms with Gasteiger partial charge in [-0.2, -0.15) is 0 Å². The molecule has 1 atom stereocenters. The van der Waals surface area contributed by atoms with Crippen LogP contribution in [0.1, 0.15) is 85.0 Å². The minimum absolute atomic E-state index is 0.00365. The van der Waals surface area contributed by atoms with Crippen molar-refractivity contribution in [2.24, 2.45) is 5.92 Å². The molecule has 0 saturated carbocycles. The van der Waals surface area contributed by atoms with Gasteiger partial charge in [-0.25, -0.2) is 0 Å². The minimum atomic E-state index is -0.114. The van der Waals surface area contributed by atoms with Crippen LogP contribution in [0, 0.1) is 5.92 Å². The normalized spacial score (nSPS) is 12.2. The molecule has 0 aliphatic carbocycles. The third-order valence-corrected chi connectivity index (χ3v) is 6.45. The van der Waals surface area contributed by atoms with Crippen LogP contribution in [0.15, 0.2) is 0 Å². The molecule has 10 heteroatoms. The second kappa shape index (κ2) is 36.3. The van der Waals surface area contributed by atoms with Gasteiger partial charge in [0, 0.05) is 6.61 Å². The van der Waals surface area contributed by atoms with Crippen LogP contribution < -0.4 is 0 Å². The lowest BCUT2D eigenvalue weighted by Crippen LogP contribution is -2.20. The number of unbranched alkanes of at least 4 members (excludes halogenated alkanes) is 6. The highest BCUT2D eigenvalue weighted by Crippen LogP contribution is 2.14. The van der Waals surface area contributed by atoms with Crippen molar-refractivity contribution >= 4 is 5.97 Å². The molecule has 42 heavy (non-hydrogen) atoms. The van der Waals surface area contributed by atoms with Crippen molar-refractivity contribution in [1.29, 1.82) is 0 Å². The van der Waals surface area contributed by atoms with E-state index in [-0.39, 0.29) is 18.5 Å². The summed E-state index contributed by atoms with van der Waals surface area (Å²) in [6.07, 6.45) is 11.5. The molecule has 0 rings (SSSR count). The Labute approximate surface area is 256 Å². The van der Waals surface area contributed by atoms with E-state index in [0.717, 1.165) is 38.7 Å². The monoisotopic (exact) mass is 608 g/mol. The van der Waals surface area contributed by atoms with E-state index in [1.165, 1.54) is 32.1 Å². The Kier molecular flexibility index (Phi) is 35.6. The van der Waals surface area contributed by atoms with Gasteiger partial charge in [-0.1, -0.05) is 65.7 Å². The predicted octanol–water partition coefficient (Wildman–Crippen LogP) is 5.24. The lowest BCUT2D eigenvalue weighted by Gasteiger charge is -2.13. The SMILES string of the molecule is CCCCCCCCOCCOCCOCCOCCOCCOCCOCCOCCOC(=O)C(CC)CCCC. The number of rotatable bonds is 36. The van der Waals surface area contributed by atoms with Crippen molar-refractivity contribution < 1.29 is 47.4 Å². The maximum absolute atomic E-state index is 12.0. The fourth-order valence-corrected chi connectivity index (χ4v) is 3.88. The largest absolute Gasteiger partial charge is 0.463 e. The number of carbonyl (C=O) groups excluding carboxylic acids is 1. The quantitative estimate of drug-likeness (QED) is 0.0694. The van der Waals surface area contributed by atoms with Crippen LogP contribution >= 0.6 is 0 Å². The highest BCUT2D eigenvalue weighted by atomic mass is 16.6. The van der Waals surface area contributed by atoms with Gasteiger partial charge in [0.15, 0.2) is 0 Å². The molecule has 0 aromatic rings. The van der Waals surface area contributed by atoms with Crippen molar-refractivity contribution in [2.75, 3.05) is 112 Å². The van der Waals surface area contributed by atoms with Gasteiger partial charge in [-0.15, -0.1) is 0 Å². The first-order valence-corrected chi connectivity index (χ1v) is 16.5. The Morgan fingerprint density at radius 1 is 0.405 bits per heavy atom. The van der Waals surface area contributed by atoms with Gasteiger partial charge in [0.25, 0.3) is 0 Å². The van der Waals surface area contributed by atoms with Crippen LogP contribution in [-0.4, -0.2) is 118 Å². The Morgan fingerprint density at radius 3 is 1.12 bits per heavy atom. The van der Waals surface area contributed by atoms with Gasteiger partial charge in [0.05, 0.1) is 105 Å². The second-order valence-electron chi connectivity index (χ2n) is 10.1. The summed E-state index contributed by atoms with van der Waals surface area (Å²) in [6.45, 7) is 15.3. The molecule has 252 valence electrons. The van der Waals surface area contributed by atoms with Crippen molar-refractivity contribution in [3.63, 3.8) is 0 Å². The average Bonchev–Trinajstić information content (AvgIpc) is 3.00. The van der Waals surface area contributed by atoms with E-state index in [1.54, 1.807) is 0 Å². The Bertz CT molecular complexity index is 524. The van der Waals surface area contributed by atoms with Gasteiger partial charge in [-0.05, 0) is 19.3 Å². The molecular weight excluding hydrogens is 544 g/mol. The third kappa shape index (κ3) is 32.1. The molecule has 0 saturated heterocycles. The topological polar surface area (TPSA) is 100 Å². The smallest absolute Gasteiger partial charge is 0.308 e. The summed E-state index contributed by atoms with van der Waals surface area (Å²) in [7, 11) is 0. The van der Waals surface area contributed by atoms with Crippen molar-refractivity contribution in [3.05, 3.63) is 0 Å². The summed E-state index contributed by atoms with van der Waals surface area (Å²) in [5, 5.41) is 0. The molecule has 0 heterocycles. The molecule has 0 bridgehead atoms. The van der Waals surface area contributed by atoms with Crippen LogP contribution in [0.2, 0.25) is 0 Å². The Balaban J connectivity index is 3.15. The zero-order valence-corrected chi connectivity index (χ0v) is 27.3. The number of hydrogen-bond donors (Lipinski definition) is 0. The molecule has 0 aliphatic heterocycles. The second-order valence-corrected chi connectivity index (χ2v) is 10.1. The fraction of sp³-hybridized carbons (Fsp3) is 0.969. The molecule has 10 nitrogen and oxygen atoms in total. The lowest BCUT2D eigenvalue weighted by atomic mass is 10.00. The van der Waals surface area contributed by atoms with Gasteiger partial charge in [-0.3, -0.25) is 4.79 Å². The van der Waals surface area contributed by atoms with E-state index in [1.807, 2.05) is 6.92 Å². The first kappa shape index (κ1) is 41.1. The Morgan fingerprint density at radius 2 is 0.738 bits per heavy atom. The van der Waals surface area contributed by atoms with E-state index < -0.39 is 0 Å². The van der Waals surface area contributed by atoms with E-state index in [2.05, 4.69) is 13.8 Å². The molecule has 0 aromatic carbocycles. The molecule has 0 amide bonds. The van der Waals surface area contributed by atoms with Gasteiger partial charge in [0.1, 0.15) is 6.61 Å². The zero-order chi connectivity index (χ0) is 30.6. The maximum Gasteiger partial charge on any atom is 0.308 e. The van der Waals surface area contributed by atoms with Gasteiger partial charge >= 0.3 is 5.97 Å². The molecule has 0 radical (unpaired) electrons. The molecule has 0 spiro atoms. The van der Waals surface area contributed by atoms with Crippen molar-refractivity contribution in [2.45, 2.75) is 85.0 Å². The van der Waals surface area contributed by atoms with E-state index in [4.69, 9.17) is 42.6 Å². The van der Waals surface area contributed by atoms with E-state index in [9.17, 15) is 4.79 Å². The van der Waals surface area contributed by atoms with Crippen molar-refractivity contribution in [3.8, 4) is 0 Å². The highest BCUT2D eigenvalue weighted by Gasteiger charge is 2.16. The highest BCUT2D eigenvalue weighted by molar-refractivity contribution is 5.72. The Hall–Kier alpha value is -0.850. The number of ether oxygens (including phenoxy) is 9. The third-order valence-electron chi connectivity index (χ3n) is 6.45. The molecule has 1 unspecified atom stereocenters. The van der Waals surface area contributed by atoms with Gasteiger partial charge < -0.3 is 42.6 Å². The first-order chi connectivity index (χ1) is 20.8. The summed E-state index contributed by atoms with van der Waals surface area (Å²) >= 11 is 0. The van der Waals surface area contributed by atoms with Crippen LogP contribution in [0.3, 0.4) is 0 Å². The van der Waals surface area contributed by atoms with Crippen LogP contribution in [0.25, 0.3) is 0 Å². The van der Waals surface area contributed by atoms with E-state index in [0.29, 0.717) is 99.1 Å². The number of hydrogen-bond acceptors (Lipinski definition) is 10. The molecule has 0 fully saturated rings. The first-order valence-electron chi connectivity index (χ1n) is 16.5. The summed E-state index contributed by atoms with van der Waals surface area (Å²) < 4.78 is 49.2. The van der Waals surface area contributed by atoms with E-state index >= 15 is 0 Å². The fourth-order valence-electron chi connectivity index (χ4n) is 3.88. The number of carbonyl (C=O) groups is 1. The van der Waals surface area contributed by atoms with Gasteiger partial charge in [0.2, 0.25) is 0 Å². The van der Waals surface area contributed by atoms with Crippen LogP contribution in [-0.2, 0) is 47.4 Å². The minimum Gasteiger partial charge on any atom is -0.463 e. The average molecular weight is 609 g/mol. The summed E-state index contributed by atoms with van der Waals surface area (Å²) in [5.41, 5.74) is 0. The lowest BCUT2D eigenvalue weighted by molar-refractivity contribution is -0.150. The molecule has 0 N–H and O–H groups in total. The molecular formula is C32H64O10. The predicted molar refractivity (Wildman–Crippen MR) is 164 cm³/mol. The standard InChI is InChI=1S/C32H64O10/c1-4-7-9-10-11-12-14-34-15-16-35-17-18-36-19-20-37-21-22-38-23-24-39-25-26-40-27-28-41-29-30-42-32(33)31(6-3)13-8-5-2/h31H,4-30H2,1-3H3. The van der Waals surface area contributed by atoms with Crippen LogP contribution in [0.4, 0.5) is 0 Å². The van der Waals surface area contributed by atoms with Crippen molar-refractivity contribution in [1.82, 2.24) is 0 Å². The van der Waals surface area contributed by atoms with Crippen LogP contribution in [0.5, 0.6) is 0 Å².